The van der Waals surface area contributed by atoms with Gasteiger partial charge in [-0.2, -0.15) is 0 Å². The van der Waals surface area contributed by atoms with Crippen LogP contribution in [0.1, 0.15) is 17.7 Å². The molecule has 19 heavy (non-hydrogen) atoms. The molecular weight excluding hydrogens is 332 g/mol. The molecule has 104 valence electrons. The number of hydrogen-bond donors (Lipinski definition) is 2. The molecule has 1 aromatic heterocycles. The zero-order chi connectivity index (χ0) is 13.8. The fourth-order valence-corrected chi connectivity index (χ4v) is 3.51. The number of piperidine rings is 1. The maximum absolute atomic E-state index is 12.0. The summed E-state index contributed by atoms with van der Waals surface area (Å²) in [5, 5.41) is 11.8. The third-order valence-electron chi connectivity index (χ3n) is 3.10. The Morgan fingerprint density at radius 3 is 2.95 bits per heavy atom. The smallest absolute Gasteiger partial charge is 0.317 e. The van der Waals surface area contributed by atoms with Crippen LogP contribution in [0.15, 0.2) is 15.9 Å². The summed E-state index contributed by atoms with van der Waals surface area (Å²) in [6.07, 6.45) is 1.39. The van der Waals surface area contributed by atoms with Crippen LogP contribution in [0.2, 0.25) is 0 Å². The maximum Gasteiger partial charge on any atom is 0.317 e. The van der Waals surface area contributed by atoms with Crippen molar-refractivity contribution in [3.63, 3.8) is 0 Å². The molecule has 1 aliphatic rings. The lowest BCUT2D eigenvalue weighted by Crippen LogP contribution is -2.46. The molecule has 2 heterocycles. The van der Waals surface area contributed by atoms with Crippen LogP contribution >= 0.6 is 27.3 Å². The van der Waals surface area contributed by atoms with E-state index in [-0.39, 0.29) is 6.03 Å². The van der Waals surface area contributed by atoms with Crippen molar-refractivity contribution in [2.24, 2.45) is 5.92 Å². The van der Waals surface area contributed by atoms with Crippen molar-refractivity contribution in [1.82, 2.24) is 10.2 Å². The van der Waals surface area contributed by atoms with E-state index < -0.39 is 11.9 Å². The molecule has 1 atom stereocenters. The molecule has 0 saturated carbocycles. The molecule has 2 N–H and O–H groups in total. The average molecular weight is 347 g/mol. The van der Waals surface area contributed by atoms with Crippen molar-refractivity contribution in [3.05, 3.63) is 20.8 Å². The summed E-state index contributed by atoms with van der Waals surface area (Å²) < 4.78 is 1.03. The molecule has 2 rings (SSSR count). The van der Waals surface area contributed by atoms with Crippen LogP contribution in [0.3, 0.4) is 0 Å². The van der Waals surface area contributed by atoms with Gasteiger partial charge in [-0.05, 0) is 40.9 Å². The summed E-state index contributed by atoms with van der Waals surface area (Å²) in [5.74, 6) is -1.25. The van der Waals surface area contributed by atoms with Crippen LogP contribution in [0.25, 0.3) is 0 Å². The minimum atomic E-state index is -0.820. The number of carboxylic acid groups (broad SMARTS) is 1. The Labute approximate surface area is 123 Å². The summed E-state index contributed by atoms with van der Waals surface area (Å²) in [4.78, 5) is 25.6. The van der Waals surface area contributed by atoms with Gasteiger partial charge in [-0.1, -0.05) is 0 Å². The Morgan fingerprint density at radius 1 is 1.53 bits per heavy atom. The summed E-state index contributed by atoms with van der Waals surface area (Å²) in [6, 6.07) is 3.70. The van der Waals surface area contributed by atoms with E-state index in [0.717, 1.165) is 15.1 Å². The predicted octanol–water partition coefficient (Wildman–Crippen LogP) is 2.52. The molecule has 0 bridgehead atoms. The van der Waals surface area contributed by atoms with E-state index in [1.807, 2.05) is 12.1 Å². The minimum Gasteiger partial charge on any atom is -0.481 e. The fraction of sp³-hybridized carbons (Fsp3) is 0.500. The number of urea groups is 1. The van der Waals surface area contributed by atoms with Crippen molar-refractivity contribution in [2.45, 2.75) is 19.4 Å². The van der Waals surface area contributed by atoms with Crippen molar-refractivity contribution < 1.29 is 14.7 Å². The van der Waals surface area contributed by atoms with Gasteiger partial charge in [0.15, 0.2) is 0 Å². The number of aliphatic carboxylic acids is 1. The number of nitrogens with one attached hydrogen (secondary N) is 1. The van der Waals surface area contributed by atoms with Crippen LogP contribution in [-0.4, -0.2) is 35.1 Å². The molecule has 1 saturated heterocycles. The van der Waals surface area contributed by atoms with Gasteiger partial charge in [0.25, 0.3) is 0 Å². The summed E-state index contributed by atoms with van der Waals surface area (Å²) in [5.41, 5.74) is 0. The third-order valence-corrected chi connectivity index (χ3v) is 4.72. The van der Waals surface area contributed by atoms with E-state index in [0.29, 0.717) is 26.1 Å². The maximum atomic E-state index is 12.0. The summed E-state index contributed by atoms with van der Waals surface area (Å²) in [7, 11) is 0. The molecule has 1 aromatic rings. The average Bonchev–Trinajstić information content (AvgIpc) is 2.82. The van der Waals surface area contributed by atoms with Crippen LogP contribution in [0, 0.1) is 5.92 Å². The largest absolute Gasteiger partial charge is 0.481 e. The number of likely N-dealkylation sites (tertiary alicyclic amines) is 1. The Balaban J connectivity index is 1.84. The molecule has 1 aliphatic heterocycles. The second kappa shape index (κ2) is 6.38. The Kier molecular flexibility index (Phi) is 4.81. The van der Waals surface area contributed by atoms with Crippen molar-refractivity contribution >= 4 is 39.3 Å². The summed E-state index contributed by atoms with van der Waals surface area (Å²) in [6.45, 7) is 1.41. The fourth-order valence-electron chi connectivity index (χ4n) is 2.08. The topological polar surface area (TPSA) is 69.6 Å². The van der Waals surface area contributed by atoms with Crippen LogP contribution in [0.4, 0.5) is 4.79 Å². The third kappa shape index (κ3) is 3.94. The van der Waals surface area contributed by atoms with Gasteiger partial charge in [-0.15, -0.1) is 11.3 Å². The highest BCUT2D eigenvalue weighted by Gasteiger charge is 2.27. The predicted molar refractivity (Wildman–Crippen MR) is 76.2 cm³/mol. The monoisotopic (exact) mass is 346 g/mol. The number of halogens is 1. The Bertz CT molecular complexity index is 477. The van der Waals surface area contributed by atoms with Gasteiger partial charge in [0.2, 0.25) is 0 Å². The zero-order valence-corrected chi connectivity index (χ0v) is 12.7. The van der Waals surface area contributed by atoms with Gasteiger partial charge in [0, 0.05) is 18.0 Å². The van der Waals surface area contributed by atoms with E-state index in [9.17, 15) is 9.59 Å². The number of amides is 2. The highest BCUT2D eigenvalue weighted by molar-refractivity contribution is 9.11. The van der Waals surface area contributed by atoms with E-state index >= 15 is 0 Å². The van der Waals surface area contributed by atoms with Gasteiger partial charge in [0.05, 0.1) is 16.2 Å². The zero-order valence-electron chi connectivity index (χ0n) is 10.3. The molecule has 1 fully saturated rings. The van der Waals surface area contributed by atoms with E-state index in [4.69, 9.17) is 5.11 Å². The van der Waals surface area contributed by atoms with Gasteiger partial charge in [-0.25, -0.2) is 4.79 Å². The first-order valence-corrected chi connectivity index (χ1v) is 7.67. The second-order valence-electron chi connectivity index (χ2n) is 4.49. The van der Waals surface area contributed by atoms with Crippen LogP contribution in [0.5, 0.6) is 0 Å². The number of carbonyl (C=O) groups excluding carboxylic acids is 1. The number of rotatable bonds is 3. The number of hydrogen-bond acceptors (Lipinski definition) is 3. The molecule has 2 amide bonds. The number of nitrogens with zero attached hydrogens (tertiary/aromatic N) is 1. The number of thiophene rings is 1. The van der Waals surface area contributed by atoms with Crippen molar-refractivity contribution in [2.75, 3.05) is 13.1 Å². The molecule has 0 aliphatic carbocycles. The van der Waals surface area contributed by atoms with Crippen LogP contribution < -0.4 is 5.32 Å². The Morgan fingerprint density at radius 2 is 2.32 bits per heavy atom. The van der Waals surface area contributed by atoms with Gasteiger partial charge < -0.3 is 15.3 Å². The van der Waals surface area contributed by atoms with Crippen molar-refractivity contribution in [3.8, 4) is 0 Å². The quantitative estimate of drug-likeness (QED) is 0.883. The highest BCUT2D eigenvalue weighted by Crippen LogP contribution is 2.22. The van der Waals surface area contributed by atoms with Crippen LogP contribution in [-0.2, 0) is 11.3 Å². The molecule has 5 nitrogen and oxygen atoms in total. The second-order valence-corrected chi connectivity index (χ2v) is 7.04. The van der Waals surface area contributed by atoms with Crippen molar-refractivity contribution in [1.29, 1.82) is 0 Å². The first-order valence-electron chi connectivity index (χ1n) is 6.06. The number of carbonyl (C=O) groups is 2. The molecule has 0 radical (unpaired) electrons. The van der Waals surface area contributed by atoms with Gasteiger partial charge in [0.1, 0.15) is 0 Å². The minimum absolute atomic E-state index is 0.185. The first kappa shape index (κ1) is 14.3. The standard InChI is InChI=1S/C12H15BrN2O3S/c13-10-4-3-9(19-10)6-14-12(18)15-5-1-2-8(7-15)11(16)17/h3-4,8H,1-2,5-7H2,(H,14,18)(H,16,17)/t8-/m0/s1. The van der Waals surface area contributed by atoms with E-state index in [1.165, 1.54) is 0 Å². The first-order chi connectivity index (χ1) is 9.06. The lowest BCUT2D eigenvalue weighted by atomic mass is 9.99. The Hall–Kier alpha value is -1.08. The normalized spacial score (nSPS) is 19.2. The molecule has 7 heteroatoms. The molecule has 0 unspecified atom stereocenters. The highest BCUT2D eigenvalue weighted by atomic mass is 79.9. The lowest BCUT2D eigenvalue weighted by molar-refractivity contribution is -0.143. The molecular formula is C12H15BrN2O3S. The number of carboxylic acids is 1. The summed E-state index contributed by atoms with van der Waals surface area (Å²) >= 11 is 4.94. The molecule has 0 spiro atoms. The SMILES string of the molecule is O=C(O)[C@H]1CCCN(C(=O)NCc2ccc(Br)s2)C1. The van der Waals surface area contributed by atoms with E-state index in [1.54, 1.807) is 16.2 Å². The van der Waals surface area contributed by atoms with Gasteiger partial charge >= 0.3 is 12.0 Å². The lowest BCUT2D eigenvalue weighted by Gasteiger charge is -2.30. The van der Waals surface area contributed by atoms with E-state index in [2.05, 4.69) is 21.2 Å². The molecule has 0 aromatic carbocycles. The van der Waals surface area contributed by atoms with Gasteiger partial charge in [-0.3, -0.25) is 4.79 Å².